The molecule has 3 N–H and O–H groups in total. The Bertz CT molecular complexity index is 880. The van der Waals surface area contributed by atoms with E-state index < -0.39 is 0 Å². The van der Waals surface area contributed by atoms with Gasteiger partial charge < -0.3 is 15.6 Å². The lowest BCUT2D eigenvalue weighted by Gasteiger charge is -2.09. The molecule has 3 rings (SSSR count). The molecule has 0 saturated carbocycles. The number of aromatic nitrogens is 2. The summed E-state index contributed by atoms with van der Waals surface area (Å²) in [7, 11) is 0. The Morgan fingerprint density at radius 1 is 1.00 bits per heavy atom. The number of para-hydroxylation sites is 2. The third kappa shape index (κ3) is 4.47. The molecule has 0 unspecified atom stereocenters. The number of amides is 2. The van der Waals surface area contributed by atoms with Gasteiger partial charge in [0, 0.05) is 30.1 Å². The van der Waals surface area contributed by atoms with Crippen molar-refractivity contribution in [2.75, 3.05) is 10.6 Å². The van der Waals surface area contributed by atoms with Crippen molar-refractivity contribution < 1.29 is 9.59 Å². The number of carbonyl (C=O) groups excluding carboxylic acids is 2. The SMILES string of the molecule is CC(C)C(=O)Nc1ccc(NC(=O)CCc2nc3ccccc3[nH]2)cc1. The predicted molar refractivity (Wildman–Crippen MR) is 103 cm³/mol. The second-order valence-electron chi connectivity index (χ2n) is 6.47. The number of hydrogen-bond acceptors (Lipinski definition) is 3. The Labute approximate surface area is 152 Å². The van der Waals surface area contributed by atoms with Crippen LogP contribution in [0.3, 0.4) is 0 Å². The van der Waals surface area contributed by atoms with E-state index >= 15 is 0 Å². The average Bonchev–Trinajstić information content (AvgIpc) is 3.04. The van der Waals surface area contributed by atoms with Gasteiger partial charge in [0.2, 0.25) is 11.8 Å². The van der Waals surface area contributed by atoms with Gasteiger partial charge in [0.25, 0.3) is 0 Å². The van der Waals surface area contributed by atoms with Crippen molar-refractivity contribution in [3.05, 3.63) is 54.4 Å². The fourth-order valence-electron chi connectivity index (χ4n) is 2.50. The summed E-state index contributed by atoms with van der Waals surface area (Å²) in [4.78, 5) is 31.5. The Morgan fingerprint density at radius 3 is 2.31 bits per heavy atom. The minimum absolute atomic E-state index is 0.0346. The first-order valence-corrected chi connectivity index (χ1v) is 8.65. The molecule has 0 aliphatic carbocycles. The molecule has 6 nitrogen and oxygen atoms in total. The molecule has 1 heterocycles. The standard InChI is InChI=1S/C20H22N4O2/c1-13(2)20(26)22-15-9-7-14(8-10-15)21-19(25)12-11-18-23-16-5-3-4-6-17(16)24-18/h3-10,13H,11-12H2,1-2H3,(H,21,25)(H,22,26)(H,23,24). The smallest absolute Gasteiger partial charge is 0.226 e. The molecule has 0 aliphatic rings. The molecule has 0 saturated heterocycles. The van der Waals surface area contributed by atoms with Crippen LogP contribution < -0.4 is 10.6 Å². The minimum Gasteiger partial charge on any atom is -0.342 e. The molecule has 0 radical (unpaired) electrons. The second kappa shape index (κ2) is 7.82. The molecule has 134 valence electrons. The summed E-state index contributed by atoms with van der Waals surface area (Å²) in [5.41, 5.74) is 3.29. The fourth-order valence-corrected chi connectivity index (χ4v) is 2.50. The van der Waals surface area contributed by atoms with Crippen LogP contribution in [0.1, 0.15) is 26.1 Å². The van der Waals surface area contributed by atoms with Crippen LogP contribution in [0.5, 0.6) is 0 Å². The van der Waals surface area contributed by atoms with Crippen molar-refractivity contribution in [1.29, 1.82) is 0 Å². The van der Waals surface area contributed by atoms with Gasteiger partial charge in [-0.3, -0.25) is 9.59 Å². The van der Waals surface area contributed by atoms with Crippen molar-refractivity contribution in [3.8, 4) is 0 Å². The van der Waals surface area contributed by atoms with Gasteiger partial charge >= 0.3 is 0 Å². The number of hydrogen-bond donors (Lipinski definition) is 3. The summed E-state index contributed by atoms with van der Waals surface area (Å²) < 4.78 is 0. The van der Waals surface area contributed by atoms with E-state index in [0.717, 1.165) is 16.9 Å². The molecule has 0 bridgehead atoms. The quantitative estimate of drug-likeness (QED) is 0.633. The maximum atomic E-state index is 12.1. The number of rotatable bonds is 6. The first-order valence-electron chi connectivity index (χ1n) is 8.65. The van der Waals surface area contributed by atoms with E-state index in [0.29, 0.717) is 24.2 Å². The zero-order valence-corrected chi connectivity index (χ0v) is 14.9. The molecule has 1 aromatic heterocycles. The number of nitrogens with zero attached hydrogens (tertiary/aromatic N) is 1. The van der Waals surface area contributed by atoms with Crippen LogP contribution in [-0.2, 0) is 16.0 Å². The summed E-state index contributed by atoms with van der Waals surface area (Å²) in [6, 6.07) is 14.9. The molecule has 0 atom stereocenters. The molecule has 0 fully saturated rings. The van der Waals surface area contributed by atoms with E-state index in [1.165, 1.54) is 0 Å². The van der Waals surface area contributed by atoms with Crippen molar-refractivity contribution in [2.24, 2.45) is 5.92 Å². The molecular formula is C20H22N4O2. The Hall–Kier alpha value is -3.15. The van der Waals surface area contributed by atoms with Crippen LogP contribution in [0, 0.1) is 5.92 Å². The van der Waals surface area contributed by atoms with Crippen LogP contribution in [0.4, 0.5) is 11.4 Å². The lowest BCUT2D eigenvalue weighted by molar-refractivity contribution is -0.119. The van der Waals surface area contributed by atoms with Crippen LogP contribution in [0.2, 0.25) is 0 Å². The van der Waals surface area contributed by atoms with E-state index in [9.17, 15) is 9.59 Å². The zero-order chi connectivity index (χ0) is 18.5. The molecule has 26 heavy (non-hydrogen) atoms. The summed E-state index contributed by atoms with van der Waals surface area (Å²) >= 11 is 0. The van der Waals surface area contributed by atoms with Gasteiger partial charge in [0.1, 0.15) is 5.82 Å². The van der Waals surface area contributed by atoms with E-state index in [1.807, 2.05) is 38.1 Å². The van der Waals surface area contributed by atoms with Gasteiger partial charge in [0.15, 0.2) is 0 Å². The first-order chi connectivity index (χ1) is 12.5. The normalized spacial score (nSPS) is 10.9. The first kappa shape index (κ1) is 17.7. The molecule has 0 aliphatic heterocycles. The van der Waals surface area contributed by atoms with E-state index in [4.69, 9.17) is 0 Å². The number of H-pyrrole nitrogens is 1. The number of nitrogens with one attached hydrogen (secondary N) is 3. The van der Waals surface area contributed by atoms with Crippen LogP contribution in [-0.4, -0.2) is 21.8 Å². The Balaban J connectivity index is 1.52. The second-order valence-corrected chi connectivity index (χ2v) is 6.47. The highest BCUT2D eigenvalue weighted by Crippen LogP contribution is 2.15. The summed E-state index contributed by atoms with van der Waals surface area (Å²) in [6.07, 6.45) is 0.884. The summed E-state index contributed by atoms with van der Waals surface area (Å²) in [5, 5.41) is 5.67. The predicted octanol–water partition coefficient (Wildman–Crippen LogP) is 3.73. The third-order valence-electron chi connectivity index (χ3n) is 3.99. The van der Waals surface area contributed by atoms with Crippen molar-refractivity contribution in [2.45, 2.75) is 26.7 Å². The maximum absolute atomic E-state index is 12.1. The Kier molecular flexibility index (Phi) is 5.31. The number of benzene rings is 2. The van der Waals surface area contributed by atoms with E-state index in [1.54, 1.807) is 24.3 Å². The topological polar surface area (TPSA) is 86.9 Å². The number of carbonyl (C=O) groups is 2. The molecule has 6 heteroatoms. The maximum Gasteiger partial charge on any atom is 0.226 e. The molecule has 2 amide bonds. The number of anilines is 2. The van der Waals surface area contributed by atoms with E-state index in [-0.39, 0.29) is 17.7 Å². The van der Waals surface area contributed by atoms with Crippen LogP contribution in [0.15, 0.2) is 48.5 Å². The lowest BCUT2D eigenvalue weighted by atomic mass is 10.2. The van der Waals surface area contributed by atoms with Gasteiger partial charge in [0.05, 0.1) is 11.0 Å². The molecule has 0 spiro atoms. The van der Waals surface area contributed by atoms with Gasteiger partial charge in [-0.2, -0.15) is 0 Å². The largest absolute Gasteiger partial charge is 0.342 e. The van der Waals surface area contributed by atoms with E-state index in [2.05, 4.69) is 20.6 Å². The van der Waals surface area contributed by atoms with Gasteiger partial charge in [-0.15, -0.1) is 0 Å². The average molecular weight is 350 g/mol. The number of aryl methyl sites for hydroxylation is 1. The molecule has 3 aromatic rings. The third-order valence-corrected chi connectivity index (χ3v) is 3.99. The lowest BCUT2D eigenvalue weighted by Crippen LogP contribution is -2.17. The molecular weight excluding hydrogens is 328 g/mol. The van der Waals surface area contributed by atoms with Crippen molar-refractivity contribution >= 4 is 34.2 Å². The highest BCUT2D eigenvalue weighted by molar-refractivity contribution is 5.93. The van der Waals surface area contributed by atoms with Gasteiger partial charge in [-0.1, -0.05) is 26.0 Å². The van der Waals surface area contributed by atoms with Gasteiger partial charge in [-0.05, 0) is 36.4 Å². The minimum atomic E-state index is -0.0792. The van der Waals surface area contributed by atoms with Crippen LogP contribution >= 0.6 is 0 Å². The number of aromatic amines is 1. The highest BCUT2D eigenvalue weighted by Gasteiger charge is 2.08. The fraction of sp³-hybridized carbons (Fsp3) is 0.250. The Morgan fingerprint density at radius 2 is 1.65 bits per heavy atom. The molecule has 2 aromatic carbocycles. The summed E-state index contributed by atoms with van der Waals surface area (Å²) in [6.45, 7) is 3.68. The monoisotopic (exact) mass is 350 g/mol. The number of imidazole rings is 1. The summed E-state index contributed by atoms with van der Waals surface area (Å²) in [5.74, 6) is 0.609. The zero-order valence-electron chi connectivity index (χ0n) is 14.9. The van der Waals surface area contributed by atoms with Crippen molar-refractivity contribution in [3.63, 3.8) is 0 Å². The number of fused-ring (bicyclic) bond motifs is 1. The van der Waals surface area contributed by atoms with Crippen LogP contribution in [0.25, 0.3) is 11.0 Å². The highest BCUT2D eigenvalue weighted by atomic mass is 16.2. The van der Waals surface area contributed by atoms with Gasteiger partial charge in [-0.25, -0.2) is 4.98 Å². The van der Waals surface area contributed by atoms with Crippen molar-refractivity contribution in [1.82, 2.24) is 9.97 Å².